The minimum absolute atomic E-state index is 0.0203. The number of benzene rings is 1. The van der Waals surface area contributed by atoms with Crippen molar-refractivity contribution >= 4 is 0 Å². The molecular formula is C10H11N3O4. The second-order valence-electron chi connectivity index (χ2n) is 3.31. The maximum Gasteiger partial charge on any atom is 0.207 e. The molecule has 0 fully saturated rings. The highest BCUT2D eigenvalue weighted by Crippen LogP contribution is 2.40. The van der Waals surface area contributed by atoms with E-state index in [-0.39, 0.29) is 33.9 Å². The van der Waals surface area contributed by atoms with E-state index < -0.39 is 0 Å². The molecule has 0 saturated carbocycles. The van der Waals surface area contributed by atoms with Crippen LogP contribution in [0.25, 0.3) is 11.3 Å². The number of aromatic hydroxyl groups is 1. The Labute approximate surface area is 96.3 Å². The minimum atomic E-state index is -0.226. The Morgan fingerprint density at radius 3 is 2.53 bits per heavy atom. The van der Waals surface area contributed by atoms with Crippen LogP contribution in [-0.4, -0.2) is 34.2 Å². The number of phenolic OH excluding ortho intramolecular Hbond substituents is 1. The first-order valence-electron chi connectivity index (χ1n) is 4.69. The Balaban J connectivity index is 2.94. The van der Waals surface area contributed by atoms with E-state index in [4.69, 9.17) is 14.9 Å². The van der Waals surface area contributed by atoms with Crippen molar-refractivity contribution in [2.24, 2.45) is 0 Å². The van der Waals surface area contributed by atoms with Crippen molar-refractivity contribution in [2.45, 2.75) is 0 Å². The third-order valence-electron chi connectivity index (χ3n) is 2.37. The lowest BCUT2D eigenvalue weighted by molar-refractivity contribution is 0.181. The zero-order valence-electron chi connectivity index (χ0n) is 9.26. The summed E-state index contributed by atoms with van der Waals surface area (Å²) in [4.78, 5) is 3.83. The largest absolute Gasteiger partial charge is 0.503 e. The lowest BCUT2D eigenvalue weighted by Gasteiger charge is -2.15. The molecule has 0 amide bonds. The standard InChI is InChI=1S/C10H11N3O4/c1-16-9-6(11)5-3-13(15)4-12-7(5)8(14)10(9)17-2/h3-4,11,14-15H,1-2H3. The molecule has 0 aromatic heterocycles. The highest BCUT2D eigenvalue weighted by Gasteiger charge is 2.23. The highest BCUT2D eigenvalue weighted by molar-refractivity contribution is 5.74. The predicted octanol–water partition coefficient (Wildman–Crippen LogP) is 0.427. The van der Waals surface area contributed by atoms with Crippen LogP contribution in [0.2, 0.25) is 0 Å². The van der Waals surface area contributed by atoms with Gasteiger partial charge in [-0.1, -0.05) is 0 Å². The van der Waals surface area contributed by atoms with Crippen molar-refractivity contribution in [3.8, 4) is 28.5 Å². The van der Waals surface area contributed by atoms with Gasteiger partial charge >= 0.3 is 0 Å². The number of hydrogen-bond donors (Lipinski definition) is 3. The Morgan fingerprint density at radius 2 is 1.94 bits per heavy atom. The summed E-state index contributed by atoms with van der Waals surface area (Å²) in [5, 5.41) is 27.1. The summed E-state index contributed by atoms with van der Waals surface area (Å²) in [6.45, 7) is 0. The zero-order chi connectivity index (χ0) is 12.6. The number of rotatable bonds is 2. The molecule has 0 aromatic rings. The average molecular weight is 237 g/mol. The molecule has 17 heavy (non-hydrogen) atoms. The molecule has 7 nitrogen and oxygen atoms in total. The molecule has 2 aliphatic rings. The van der Waals surface area contributed by atoms with Crippen LogP contribution in [0.4, 0.5) is 0 Å². The van der Waals surface area contributed by atoms with Gasteiger partial charge in [0.25, 0.3) is 0 Å². The molecule has 90 valence electrons. The van der Waals surface area contributed by atoms with E-state index in [9.17, 15) is 10.3 Å². The second-order valence-corrected chi connectivity index (χ2v) is 3.31. The number of hydrogen-bond acceptors (Lipinski definition) is 6. The molecule has 0 spiro atoms. The summed E-state index contributed by atoms with van der Waals surface area (Å²) in [6, 6.07) is 0. The maximum absolute atomic E-state index is 9.94. The molecule has 0 bridgehead atoms. The van der Waals surface area contributed by atoms with E-state index >= 15 is 0 Å². The van der Waals surface area contributed by atoms with Crippen LogP contribution in [0, 0.1) is 5.41 Å². The number of phenols is 1. The Kier molecular flexibility index (Phi) is 2.51. The number of methoxy groups -OCH3 is 2. The Morgan fingerprint density at radius 1 is 1.29 bits per heavy atom. The van der Waals surface area contributed by atoms with E-state index in [0.29, 0.717) is 4.73 Å². The zero-order valence-corrected chi connectivity index (χ0v) is 9.26. The summed E-state index contributed by atoms with van der Waals surface area (Å²) >= 11 is 0. The topological polar surface area (TPSA) is 101 Å². The molecule has 0 aromatic carbocycles. The van der Waals surface area contributed by atoms with Gasteiger partial charge in [-0.3, -0.25) is 5.41 Å². The third kappa shape index (κ3) is 1.52. The molecule has 7 heteroatoms. The lowest BCUT2D eigenvalue weighted by Crippen LogP contribution is -2.14. The van der Waals surface area contributed by atoms with Gasteiger partial charge in [0.2, 0.25) is 5.75 Å². The number of nitrogens with one attached hydrogen (secondary N) is 1. The normalized spacial score (nSPS) is 10.5. The van der Waals surface area contributed by atoms with Crippen LogP contribution in [-0.2, 0) is 0 Å². The van der Waals surface area contributed by atoms with E-state index in [0.717, 1.165) is 6.33 Å². The van der Waals surface area contributed by atoms with Gasteiger partial charge in [0.15, 0.2) is 11.5 Å². The van der Waals surface area contributed by atoms with Crippen LogP contribution in [0.3, 0.4) is 0 Å². The molecular weight excluding hydrogens is 226 g/mol. The van der Waals surface area contributed by atoms with Crippen molar-refractivity contribution in [1.82, 2.24) is 9.71 Å². The van der Waals surface area contributed by atoms with Crippen LogP contribution < -0.4 is 14.8 Å². The number of aromatic nitrogens is 2. The van der Waals surface area contributed by atoms with Crippen molar-refractivity contribution in [3.05, 3.63) is 17.9 Å². The summed E-state index contributed by atoms with van der Waals surface area (Å²) in [5.41, 5.74) is 0.420. The molecule has 0 atom stereocenters. The van der Waals surface area contributed by atoms with Crippen LogP contribution in [0.15, 0.2) is 12.5 Å². The minimum Gasteiger partial charge on any atom is -0.503 e. The van der Waals surface area contributed by atoms with E-state index in [1.165, 1.54) is 20.4 Å². The van der Waals surface area contributed by atoms with Crippen molar-refractivity contribution < 1.29 is 19.8 Å². The summed E-state index contributed by atoms with van der Waals surface area (Å²) in [6.07, 6.45) is 2.36. The molecule has 2 rings (SSSR count). The van der Waals surface area contributed by atoms with Crippen LogP contribution >= 0.6 is 0 Å². The second kappa shape index (κ2) is 3.85. The van der Waals surface area contributed by atoms with Crippen molar-refractivity contribution in [3.63, 3.8) is 0 Å². The Bertz CT molecular complexity index is 593. The number of ether oxygens (including phenoxy) is 2. The Hall–Kier alpha value is -2.44. The lowest BCUT2D eigenvalue weighted by atomic mass is 10.1. The smallest absolute Gasteiger partial charge is 0.207 e. The van der Waals surface area contributed by atoms with E-state index in [1.54, 1.807) is 0 Å². The van der Waals surface area contributed by atoms with Gasteiger partial charge < -0.3 is 19.8 Å². The van der Waals surface area contributed by atoms with E-state index in [1.807, 2.05) is 0 Å². The van der Waals surface area contributed by atoms with Gasteiger partial charge in [-0.15, -0.1) is 0 Å². The molecule has 3 N–H and O–H groups in total. The molecule has 1 aliphatic carbocycles. The molecule has 0 radical (unpaired) electrons. The number of fused-ring (bicyclic) bond motifs is 1. The van der Waals surface area contributed by atoms with Gasteiger partial charge in [-0.05, 0) is 0 Å². The van der Waals surface area contributed by atoms with Crippen LogP contribution in [0.1, 0.15) is 0 Å². The monoisotopic (exact) mass is 237 g/mol. The van der Waals surface area contributed by atoms with Gasteiger partial charge in [0.05, 0.1) is 26.0 Å². The summed E-state index contributed by atoms with van der Waals surface area (Å²) < 4.78 is 10.7. The quantitative estimate of drug-likeness (QED) is 0.657. The SMILES string of the molecule is COc1c(O)c2ncn(O)cc-2c(=N)c1OC. The average Bonchev–Trinajstić information content (AvgIpc) is 2.33. The maximum atomic E-state index is 9.94. The molecule has 1 aliphatic heterocycles. The summed E-state index contributed by atoms with van der Waals surface area (Å²) in [7, 11) is 2.72. The van der Waals surface area contributed by atoms with Crippen molar-refractivity contribution in [1.29, 1.82) is 5.41 Å². The predicted molar refractivity (Wildman–Crippen MR) is 56.7 cm³/mol. The first-order valence-corrected chi connectivity index (χ1v) is 4.69. The molecule has 1 heterocycles. The van der Waals surface area contributed by atoms with Gasteiger partial charge in [-0.25, -0.2) is 4.98 Å². The fourth-order valence-corrected chi connectivity index (χ4v) is 1.62. The van der Waals surface area contributed by atoms with Gasteiger partial charge in [0, 0.05) is 0 Å². The molecule has 0 saturated heterocycles. The van der Waals surface area contributed by atoms with Gasteiger partial charge in [-0.2, -0.15) is 4.73 Å². The molecule has 0 unspecified atom stereocenters. The first kappa shape index (κ1) is 11.1. The van der Waals surface area contributed by atoms with E-state index in [2.05, 4.69) is 4.98 Å². The highest BCUT2D eigenvalue weighted by atomic mass is 16.5. The number of nitrogens with zero attached hydrogens (tertiary/aromatic N) is 2. The summed E-state index contributed by atoms with van der Waals surface area (Å²) in [5.74, 6) is -0.0883. The fourth-order valence-electron chi connectivity index (χ4n) is 1.62. The van der Waals surface area contributed by atoms with Gasteiger partial charge in [0.1, 0.15) is 17.4 Å². The van der Waals surface area contributed by atoms with Crippen LogP contribution in [0.5, 0.6) is 17.2 Å². The first-order chi connectivity index (χ1) is 8.10. The fraction of sp³-hybridized carbons (Fsp3) is 0.200. The third-order valence-corrected chi connectivity index (χ3v) is 2.37. The van der Waals surface area contributed by atoms with Crippen molar-refractivity contribution in [2.75, 3.05) is 14.2 Å².